The highest BCUT2D eigenvalue weighted by Gasteiger charge is 2.16. The van der Waals surface area contributed by atoms with E-state index in [-0.39, 0.29) is 28.8 Å². The van der Waals surface area contributed by atoms with Gasteiger partial charge in [0.2, 0.25) is 12.1 Å². The highest BCUT2D eigenvalue weighted by molar-refractivity contribution is 7.92. The average molecular weight is 448 g/mol. The van der Waals surface area contributed by atoms with E-state index < -0.39 is 32.9 Å². The maximum absolute atomic E-state index is 14.2. The van der Waals surface area contributed by atoms with Crippen LogP contribution in [-0.4, -0.2) is 32.5 Å². The third-order valence-electron chi connectivity index (χ3n) is 3.99. The van der Waals surface area contributed by atoms with Gasteiger partial charge >= 0.3 is 0 Å². The Bertz CT molecular complexity index is 1300. The number of methoxy groups -OCH3 is 1. The molecular formula is C19H15F3N6O2S. The van der Waals surface area contributed by atoms with Crippen LogP contribution in [0.3, 0.4) is 0 Å². The summed E-state index contributed by atoms with van der Waals surface area (Å²) >= 11 is 0. The van der Waals surface area contributed by atoms with Crippen molar-refractivity contribution in [2.75, 3.05) is 18.7 Å². The van der Waals surface area contributed by atoms with Gasteiger partial charge < -0.3 is 10.1 Å². The second-order valence-corrected chi connectivity index (χ2v) is 8.72. The zero-order valence-electron chi connectivity index (χ0n) is 16.3. The number of nitriles is 1. The monoisotopic (exact) mass is 448 g/mol. The van der Waals surface area contributed by atoms with Crippen LogP contribution in [0.2, 0.25) is 0 Å². The van der Waals surface area contributed by atoms with Crippen LogP contribution in [0.25, 0.3) is 11.4 Å². The summed E-state index contributed by atoms with van der Waals surface area (Å²) in [6, 6.07) is 5.91. The Balaban J connectivity index is 1.96. The lowest BCUT2D eigenvalue weighted by molar-refractivity contribution is 0.412. The molecule has 1 aromatic heterocycles. The standard InChI is InChI=1S/C19H15F3N6O2S/c1-30-16-6-12(20)3-4-14(16)18-24-10-25-19(28-18)27-13-5-11(17(22)15(21)7-13)8-31(2,29)26-9-23/h3-7,10H,8H2,1-2H3,(H,24,25,27,28). The fraction of sp³-hybridized carbons (Fsp3) is 0.158. The quantitative estimate of drug-likeness (QED) is 0.571. The van der Waals surface area contributed by atoms with E-state index >= 15 is 0 Å². The van der Waals surface area contributed by atoms with Gasteiger partial charge in [0, 0.05) is 29.6 Å². The minimum absolute atomic E-state index is 0.00715. The van der Waals surface area contributed by atoms with Gasteiger partial charge in [-0.25, -0.2) is 27.3 Å². The van der Waals surface area contributed by atoms with Crippen LogP contribution in [0.1, 0.15) is 5.56 Å². The van der Waals surface area contributed by atoms with Gasteiger partial charge in [-0.05, 0) is 18.2 Å². The van der Waals surface area contributed by atoms with Gasteiger partial charge in [-0.3, -0.25) is 0 Å². The summed E-state index contributed by atoms with van der Waals surface area (Å²) in [6.45, 7) is 0. The van der Waals surface area contributed by atoms with Gasteiger partial charge in [-0.15, -0.1) is 4.36 Å². The van der Waals surface area contributed by atoms with E-state index in [2.05, 4.69) is 24.6 Å². The summed E-state index contributed by atoms with van der Waals surface area (Å²) < 4.78 is 62.3. The van der Waals surface area contributed by atoms with E-state index in [0.29, 0.717) is 5.56 Å². The van der Waals surface area contributed by atoms with Crippen molar-refractivity contribution in [3.8, 4) is 23.3 Å². The van der Waals surface area contributed by atoms with E-state index in [1.165, 1.54) is 50.2 Å². The predicted octanol–water partition coefficient (Wildman–Crippen LogP) is 3.79. The van der Waals surface area contributed by atoms with Crippen molar-refractivity contribution < 1.29 is 22.1 Å². The largest absolute Gasteiger partial charge is 0.496 e. The Labute approximate surface area is 175 Å². The molecular weight excluding hydrogens is 433 g/mol. The molecule has 0 amide bonds. The molecule has 0 saturated heterocycles. The van der Waals surface area contributed by atoms with Crippen LogP contribution in [-0.2, 0) is 15.5 Å². The Kier molecular flexibility index (Phi) is 6.36. The molecule has 0 aliphatic rings. The van der Waals surface area contributed by atoms with Crippen molar-refractivity contribution in [2.45, 2.75) is 5.75 Å². The molecule has 0 saturated carbocycles. The molecule has 1 N–H and O–H groups in total. The van der Waals surface area contributed by atoms with E-state index in [1.54, 1.807) is 0 Å². The molecule has 1 atom stereocenters. The second kappa shape index (κ2) is 8.97. The van der Waals surface area contributed by atoms with Gasteiger partial charge in [-0.1, -0.05) is 0 Å². The zero-order valence-corrected chi connectivity index (χ0v) is 17.1. The Morgan fingerprint density at radius 1 is 1.23 bits per heavy atom. The number of hydrogen-bond donors (Lipinski definition) is 1. The summed E-state index contributed by atoms with van der Waals surface area (Å²) in [7, 11) is -1.71. The third-order valence-corrected chi connectivity index (χ3v) is 5.31. The van der Waals surface area contributed by atoms with E-state index in [4.69, 9.17) is 10.00 Å². The Morgan fingerprint density at radius 2 is 2.00 bits per heavy atom. The highest BCUT2D eigenvalue weighted by atomic mass is 32.2. The molecule has 3 aromatic rings. The van der Waals surface area contributed by atoms with Gasteiger partial charge in [0.05, 0.1) is 28.2 Å². The van der Waals surface area contributed by atoms with Gasteiger partial charge in [-0.2, -0.15) is 10.2 Å². The number of rotatable bonds is 6. The first-order chi connectivity index (χ1) is 14.7. The van der Waals surface area contributed by atoms with Crippen LogP contribution in [0.5, 0.6) is 5.75 Å². The van der Waals surface area contributed by atoms with Crippen LogP contribution >= 0.6 is 0 Å². The van der Waals surface area contributed by atoms with Crippen molar-refractivity contribution in [2.24, 2.45) is 4.36 Å². The minimum atomic E-state index is -3.07. The van der Waals surface area contributed by atoms with Crippen LogP contribution in [0, 0.1) is 28.9 Å². The molecule has 3 rings (SSSR count). The first kappa shape index (κ1) is 22.0. The van der Waals surface area contributed by atoms with Crippen LogP contribution < -0.4 is 10.1 Å². The maximum atomic E-state index is 14.2. The molecule has 2 aromatic carbocycles. The lowest BCUT2D eigenvalue weighted by Crippen LogP contribution is -2.07. The molecule has 0 radical (unpaired) electrons. The summed E-state index contributed by atoms with van der Waals surface area (Å²) in [6.07, 6.45) is 3.76. The normalized spacial score (nSPS) is 12.5. The Hall–Kier alpha value is -3.72. The van der Waals surface area contributed by atoms with Gasteiger partial charge in [0.1, 0.15) is 17.9 Å². The van der Waals surface area contributed by atoms with Gasteiger partial charge in [0.25, 0.3) is 0 Å². The minimum Gasteiger partial charge on any atom is -0.496 e. The molecule has 0 aliphatic carbocycles. The second-order valence-electron chi connectivity index (χ2n) is 6.33. The number of anilines is 2. The van der Waals surface area contributed by atoms with Crippen LogP contribution in [0.15, 0.2) is 41.0 Å². The summed E-state index contributed by atoms with van der Waals surface area (Å²) in [5, 5.41) is 11.3. The number of halogens is 3. The fourth-order valence-corrected chi connectivity index (χ4v) is 3.72. The number of ether oxygens (including phenoxy) is 1. The lowest BCUT2D eigenvalue weighted by atomic mass is 10.2. The van der Waals surface area contributed by atoms with E-state index in [0.717, 1.165) is 6.07 Å². The molecule has 12 heteroatoms. The van der Waals surface area contributed by atoms with Crippen molar-refractivity contribution >= 4 is 21.4 Å². The number of aromatic nitrogens is 3. The zero-order chi connectivity index (χ0) is 22.6. The first-order valence-electron chi connectivity index (χ1n) is 8.58. The number of nitrogens with one attached hydrogen (secondary N) is 1. The van der Waals surface area contributed by atoms with Crippen LogP contribution in [0.4, 0.5) is 24.8 Å². The molecule has 0 aliphatic heterocycles. The van der Waals surface area contributed by atoms with Crippen molar-refractivity contribution in [1.29, 1.82) is 5.26 Å². The summed E-state index contributed by atoms with van der Waals surface area (Å²) in [5.41, 5.74) is 0.233. The number of nitrogens with zero attached hydrogens (tertiary/aromatic N) is 5. The van der Waals surface area contributed by atoms with E-state index in [1.807, 2.05) is 0 Å². The molecule has 0 bridgehead atoms. The highest BCUT2D eigenvalue weighted by Crippen LogP contribution is 2.29. The molecule has 0 fully saturated rings. The molecule has 1 unspecified atom stereocenters. The predicted molar refractivity (Wildman–Crippen MR) is 107 cm³/mol. The molecule has 8 nitrogen and oxygen atoms in total. The summed E-state index contributed by atoms with van der Waals surface area (Å²) in [4.78, 5) is 12.2. The maximum Gasteiger partial charge on any atom is 0.230 e. The fourth-order valence-electron chi connectivity index (χ4n) is 2.70. The average Bonchev–Trinajstić information content (AvgIpc) is 2.71. The van der Waals surface area contributed by atoms with Crippen molar-refractivity contribution in [3.05, 3.63) is 59.7 Å². The SMILES string of the molecule is COc1cc(F)ccc1-c1ncnc(Nc2cc(F)c(F)c(CS(C)(=O)=NC#N)c2)n1. The smallest absolute Gasteiger partial charge is 0.230 e. The van der Waals surface area contributed by atoms with Crippen molar-refractivity contribution in [3.63, 3.8) is 0 Å². The number of benzene rings is 2. The van der Waals surface area contributed by atoms with Crippen molar-refractivity contribution in [1.82, 2.24) is 15.0 Å². The number of hydrogen-bond acceptors (Lipinski definition) is 8. The topological polar surface area (TPSA) is 113 Å². The van der Waals surface area contributed by atoms with Gasteiger partial charge in [0.15, 0.2) is 17.5 Å². The third kappa shape index (κ3) is 5.26. The Morgan fingerprint density at radius 3 is 2.71 bits per heavy atom. The first-order valence-corrected chi connectivity index (χ1v) is 10.7. The lowest BCUT2D eigenvalue weighted by Gasteiger charge is -2.11. The van der Waals surface area contributed by atoms with E-state index in [9.17, 15) is 17.4 Å². The molecule has 160 valence electrons. The summed E-state index contributed by atoms with van der Waals surface area (Å²) in [5.74, 6) is -3.01. The molecule has 1 heterocycles. The molecule has 31 heavy (non-hydrogen) atoms. The molecule has 0 spiro atoms.